The van der Waals surface area contributed by atoms with Gasteiger partial charge in [0.15, 0.2) is 6.61 Å². The van der Waals surface area contributed by atoms with Gasteiger partial charge in [0.2, 0.25) is 5.88 Å². The van der Waals surface area contributed by atoms with Gasteiger partial charge in [-0.3, -0.25) is 9.69 Å². The monoisotopic (exact) mass is 469 g/mol. The molecular formula is C25H22F3N3O3. The number of aromatic nitrogens is 1. The van der Waals surface area contributed by atoms with Crippen LogP contribution < -0.4 is 15.4 Å². The fourth-order valence-electron chi connectivity index (χ4n) is 4.52. The van der Waals surface area contributed by atoms with Crippen LogP contribution in [0.25, 0.3) is 22.4 Å². The number of benzene rings is 2. The highest BCUT2D eigenvalue weighted by Gasteiger charge is 2.41. The Morgan fingerprint density at radius 3 is 2.38 bits per heavy atom. The van der Waals surface area contributed by atoms with Gasteiger partial charge in [0.1, 0.15) is 12.2 Å². The first kappa shape index (κ1) is 22.4. The van der Waals surface area contributed by atoms with E-state index in [1.54, 1.807) is 0 Å². The molecule has 0 radical (unpaired) electrons. The molecule has 1 aliphatic carbocycles. The molecule has 5 rings (SSSR count). The quantitative estimate of drug-likeness (QED) is 0.603. The van der Waals surface area contributed by atoms with Crippen LogP contribution in [0.4, 0.5) is 18.9 Å². The maximum Gasteiger partial charge on any atom is 0.406 e. The molecule has 1 fully saturated rings. The summed E-state index contributed by atoms with van der Waals surface area (Å²) < 4.78 is 45.0. The van der Waals surface area contributed by atoms with Crippen LogP contribution in [-0.2, 0) is 10.3 Å². The minimum atomic E-state index is -4.57. The van der Waals surface area contributed by atoms with E-state index in [2.05, 4.69) is 4.98 Å². The van der Waals surface area contributed by atoms with Gasteiger partial charge in [-0.15, -0.1) is 0 Å². The number of amides is 1. The van der Waals surface area contributed by atoms with Crippen molar-refractivity contribution in [2.24, 2.45) is 5.73 Å². The molecule has 0 saturated heterocycles. The molecule has 6 nitrogen and oxygen atoms in total. The van der Waals surface area contributed by atoms with Crippen molar-refractivity contribution in [3.63, 3.8) is 0 Å². The van der Waals surface area contributed by atoms with Gasteiger partial charge < -0.3 is 15.6 Å². The SMILES string of the molecule is NC1(c2ccc(-c3nc4c(cc3-c3ccccc3)N(CC(F)(F)F)C(=O)CO4)cc2)CC(O)C1. The molecule has 1 amide bonds. The molecule has 1 saturated carbocycles. The lowest BCUT2D eigenvalue weighted by molar-refractivity contribution is -0.134. The maximum atomic E-state index is 13.2. The molecule has 0 atom stereocenters. The lowest BCUT2D eigenvalue weighted by Crippen LogP contribution is -2.51. The Kier molecular flexibility index (Phi) is 5.33. The Bertz CT molecular complexity index is 1220. The summed E-state index contributed by atoms with van der Waals surface area (Å²) in [6.45, 7) is -1.94. The van der Waals surface area contributed by atoms with Crippen LogP contribution in [0.15, 0.2) is 60.7 Å². The third-order valence-corrected chi connectivity index (χ3v) is 6.25. The minimum Gasteiger partial charge on any atom is -0.466 e. The number of anilines is 1. The van der Waals surface area contributed by atoms with Crippen LogP contribution in [0.2, 0.25) is 0 Å². The number of carbonyl (C=O) groups is 1. The van der Waals surface area contributed by atoms with Crippen LogP contribution in [-0.4, -0.2) is 41.4 Å². The van der Waals surface area contributed by atoms with E-state index in [0.29, 0.717) is 29.0 Å². The van der Waals surface area contributed by atoms with Crippen LogP contribution in [0.5, 0.6) is 5.88 Å². The number of aliphatic hydroxyl groups is 1. The largest absolute Gasteiger partial charge is 0.466 e. The smallest absolute Gasteiger partial charge is 0.406 e. The highest BCUT2D eigenvalue weighted by Crippen LogP contribution is 2.43. The molecule has 176 valence electrons. The molecule has 1 aromatic heterocycles. The van der Waals surface area contributed by atoms with Crippen LogP contribution in [0.3, 0.4) is 0 Å². The molecule has 3 N–H and O–H groups in total. The van der Waals surface area contributed by atoms with E-state index in [1.807, 2.05) is 54.6 Å². The highest BCUT2D eigenvalue weighted by atomic mass is 19.4. The van der Waals surface area contributed by atoms with Crippen LogP contribution >= 0.6 is 0 Å². The summed E-state index contributed by atoms with van der Waals surface area (Å²) in [7, 11) is 0. The standard InChI is InChI=1S/C25H22F3N3O3/c26-25(27,28)14-31-20-10-19(15-4-2-1-3-5-15)22(30-23(20)34-13-21(31)33)16-6-8-17(9-7-16)24(29)11-18(32)12-24/h1-10,18,32H,11-14,29H2. The Morgan fingerprint density at radius 1 is 1.09 bits per heavy atom. The average Bonchev–Trinajstić information content (AvgIpc) is 2.79. The first-order chi connectivity index (χ1) is 16.1. The number of alkyl halides is 3. The lowest BCUT2D eigenvalue weighted by atomic mass is 9.70. The first-order valence-electron chi connectivity index (χ1n) is 10.8. The van der Waals surface area contributed by atoms with Gasteiger partial charge in [-0.25, -0.2) is 4.98 Å². The van der Waals surface area contributed by atoms with Gasteiger partial charge in [0.05, 0.1) is 11.8 Å². The predicted molar refractivity (Wildman–Crippen MR) is 120 cm³/mol. The maximum absolute atomic E-state index is 13.2. The number of hydrogen-bond donors (Lipinski definition) is 2. The number of pyridine rings is 1. The lowest BCUT2D eigenvalue weighted by Gasteiger charge is -2.42. The third-order valence-electron chi connectivity index (χ3n) is 6.25. The zero-order valence-corrected chi connectivity index (χ0v) is 18.0. The van der Waals surface area contributed by atoms with E-state index in [9.17, 15) is 23.1 Å². The second kappa shape index (κ2) is 8.11. The van der Waals surface area contributed by atoms with Crippen LogP contribution in [0, 0.1) is 0 Å². The van der Waals surface area contributed by atoms with Gasteiger partial charge in [0, 0.05) is 16.7 Å². The van der Waals surface area contributed by atoms with E-state index < -0.39 is 36.9 Å². The van der Waals surface area contributed by atoms with Gasteiger partial charge in [-0.2, -0.15) is 13.2 Å². The number of aliphatic hydroxyl groups excluding tert-OH is 1. The summed E-state index contributed by atoms with van der Waals surface area (Å²) in [5.41, 5.74) is 9.20. The second-order valence-corrected chi connectivity index (χ2v) is 8.75. The molecule has 0 spiro atoms. The molecular weight excluding hydrogens is 447 g/mol. The van der Waals surface area contributed by atoms with Gasteiger partial charge in [0.25, 0.3) is 5.91 Å². The van der Waals surface area contributed by atoms with Crippen molar-refractivity contribution in [3.05, 3.63) is 66.2 Å². The van der Waals surface area contributed by atoms with Crippen molar-refractivity contribution < 1.29 is 27.8 Å². The number of carbonyl (C=O) groups excluding carboxylic acids is 1. The van der Waals surface area contributed by atoms with Crippen molar-refractivity contribution >= 4 is 11.6 Å². The number of nitrogens with two attached hydrogens (primary N) is 1. The summed E-state index contributed by atoms with van der Waals surface area (Å²) in [5.74, 6) is -0.807. The summed E-state index contributed by atoms with van der Waals surface area (Å²) in [6, 6.07) is 18.1. The molecule has 2 aromatic carbocycles. The highest BCUT2D eigenvalue weighted by molar-refractivity contribution is 5.99. The summed E-state index contributed by atoms with van der Waals surface area (Å²) in [4.78, 5) is 17.5. The molecule has 34 heavy (non-hydrogen) atoms. The summed E-state index contributed by atoms with van der Waals surface area (Å²) in [5, 5.41) is 9.66. The molecule has 2 heterocycles. The van der Waals surface area contributed by atoms with E-state index in [1.165, 1.54) is 6.07 Å². The fourth-order valence-corrected chi connectivity index (χ4v) is 4.52. The van der Waals surface area contributed by atoms with E-state index in [4.69, 9.17) is 10.5 Å². The topological polar surface area (TPSA) is 88.7 Å². The van der Waals surface area contributed by atoms with Crippen molar-refractivity contribution in [1.29, 1.82) is 0 Å². The number of hydrogen-bond acceptors (Lipinski definition) is 5. The number of fused-ring (bicyclic) bond motifs is 1. The van der Waals surface area contributed by atoms with Gasteiger partial charge in [-0.05, 0) is 30.0 Å². The first-order valence-corrected chi connectivity index (χ1v) is 10.8. The minimum absolute atomic E-state index is 0.0165. The van der Waals surface area contributed by atoms with Crippen molar-refractivity contribution in [1.82, 2.24) is 4.98 Å². The Hall–Kier alpha value is -3.43. The van der Waals surface area contributed by atoms with Crippen LogP contribution in [0.1, 0.15) is 18.4 Å². The number of nitrogens with zero attached hydrogens (tertiary/aromatic N) is 2. The fraction of sp³-hybridized carbons (Fsp3) is 0.280. The predicted octanol–water partition coefficient (Wildman–Crippen LogP) is 4.01. The van der Waals surface area contributed by atoms with Gasteiger partial charge >= 0.3 is 6.18 Å². The van der Waals surface area contributed by atoms with Crippen molar-refractivity contribution in [2.45, 2.75) is 30.7 Å². The zero-order chi connectivity index (χ0) is 24.1. The number of halogens is 3. The molecule has 0 unspecified atom stereocenters. The normalized spacial score (nSPS) is 22.1. The zero-order valence-electron chi connectivity index (χ0n) is 18.0. The average molecular weight is 469 g/mol. The van der Waals surface area contributed by atoms with Crippen molar-refractivity contribution in [2.75, 3.05) is 18.1 Å². The Labute approximate surface area is 193 Å². The van der Waals surface area contributed by atoms with Crippen molar-refractivity contribution in [3.8, 4) is 28.3 Å². The van der Waals surface area contributed by atoms with E-state index >= 15 is 0 Å². The van der Waals surface area contributed by atoms with Gasteiger partial charge in [-0.1, -0.05) is 54.6 Å². The summed E-state index contributed by atoms with van der Waals surface area (Å²) in [6.07, 6.45) is -4.01. The number of ether oxygens (including phenoxy) is 1. The number of rotatable bonds is 4. The molecule has 2 aliphatic rings. The Morgan fingerprint density at radius 2 is 1.76 bits per heavy atom. The molecule has 1 aliphatic heterocycles. The second-order valence-electron chi connectivity index (χ2n) is 8.75. The third kappa shape index (κ3) is 4.12. The van der Waals surface area contributed by atoms with E-state index in [0.717, 1.165) is 16.7 Å². The molecule has 0 bridgehead atoms. The molecule has 9 heteroatoms. The van der Waals surface area contributed by atoms with E-state index in [-0.39, 0.29) is 11.6 Å². The molecule has 3 aromatic rings. The summed E-state index contributed by atoms with van der Waals surface area (Å²) >= 11 is 0. The Balaban J connectivity index is 1.61.